The number of amides is 1. The van der Waals surface area contributed by atoms with Crippen molar-refractivity contribution in [2.24, 2.45) is 0 Å². The first-order valence-electron chi connectivity index (χ1n) is 5.31. The van der Waals surface area contributed by atoms with Crippen LogP contribution in [0, 0.1) is 13.8 Å². The lowest BCUT2D eigenvalue weighted by Crippen LogP contribution is -2.22. The minimum atomic E-state index is 0.0671. The fourth-order valence-corrected chi connectivity index (χ4v) is 1.29. The van der Waals surface area contributed by atoms with Gasteiger partial charge in [0, 0.05) is 19.7 Å². The molecule has 0 unspecified atom stereocenters. The van der Waals surface area contributed by atoms with Crippen LogP contribution in [0.3, 0.4) is 0 Å². The van der Waals surface area contributed by atoms with Crippen molar-refractivity contribution in [3.8, 4) is 0 Å². The minimum absolute atomic E-state index is 0.0671. The first-order chi connectivity index (χ1) is 7.02. The van der Waals surface area contributed by atoms with E-state index < -0.39 is 0 Å². The molecule has 0 atom stereocenters. The topological polar surface area (TPSA) is 20.3 Å². The summed E-state index contributed by atoms with van der Waals surface area (Å²) in [6.07, 6.45) is 0. The molecule has 2 nitrogen and oxygen atoms in total. The summed E-state index contributed by atoms with van der Waals surface area (Å²) in [6, 6.07) is 5.87. The molecule has 0 aromatic heterocycles. The van der Waals surface area contributed by atoms with Crippen LogP contribution in [0.4, 0.5) is 0 Å². The second-order valence-electron chi connectivity index (χ2n) is 3.52. The lowest BCUT2D eigenvalue weighted by Gasteiger charge is -2.12. The number of carbonyl (C=O) groups excluding carboxylic acids is 1. The van der Waals surface area contributed by atoms with E-state index in [0.29, 0.717) is 0 Å². The smallest absolute Gasteiger partial charge is 0.253 e. The van der Waals surface area contributed by atoms with Crippen molar-refractivity contribution in [1.82, 2.24) is 4.90 Å². The Bertz CT molecular complexity index is 329. The number of rotatable bonds is 1. The van der Waals surface area contributed by atoms with Crippen molar-refractivity contribution in [2.45, 2.75) is 27.7 Å². The fraction of sp³-hybridized carbons (Fsp3) is 0.462. The average Bonchev–Trinajstić information content (AvgIpc) is 2.20. The van der Waals surface area contributed by atoms with Crippen LogP contribution in [0.5, 0.6) is 0 Å². The summed E-state index contributed by atoms with van der Waals surface area (Å²) in [4.78, 5) is 13.2. The maximum atomic E-state index is 11.6. The molecular formula is C13H21NO. The van der Waals surface area contributed by atoms with Gasteiger partial charge in [-0.2, -0.15) is 0 Å². The second-order valence-corrected chi connectivity index (χ2v) is 3.52. The van der Waals surface area contributed by atoms with Crippen molar-refractivity contribution in [1.29, 1.82) is 0 Å². The third-order valence-electron chi connectivity index (χ3n) is 2.02. The molecule has 1 aromatic carbocycles. The predicted octanol–water partition coefficient (Wildman–Crippen LogP) is 3.03. The number of nitrogens with zero attached hydrogens (tertiary/aromatic N) is 1. The zero-order chi connectivity index (χ0) is 12.0. The summed E-state index contributed by atoms with van der Waals surface area (Å²) < 4.78 is 0. The maximum Gasteiger partial charge on any atom is 0.253 e. The SMILES string of the molecule is CC.Cc1ccc(C(=O)N(C)C)c(C)c1. The van der Waals surface area contributed by atoms with Gasteiger partial charge in [0.1, 0.15) is 0 Å². The zero-order valence-electron chi connectivity index (χ0n) is 10.6. The monoisotopic (exact) mass is 207 g/mol. The Morgan fingerprint density at radius 2 is 1.67 bits per heavy atom. The van der Waals surface area contributed by atoms with E-state index in [1.54, 1.807) is 19.0 Å². The molecule has 1 aromatic rings. The Labute approximate surface area is 92.9 Å². The van der Waals surface area contributed by atoms with Crippen LogP contribution in [0.25, 0.3) is 0 Å². The summed E-state index contributed by atoms with van der Waals surface area (Å²) in [5.41, 5.74) is 3.02. The molecule has 0 N–H and O–H groups in total. The van der Waals surface area contributed by atoms with Crippen molar-refractivity contribution >= 4 is 5.91 Å². The van der Waals surface area contributed by atoms with Crippen molar-refractivity contribution in [2.75, 3.05) is 14.1 Å². The van der Waals surface area contributed by atoms with Crippen LogP contribution >= 0.6 is 0 Å². The van der Waals surface area contributed by atoms with Gasteiger partial charge in [-0.25, -0.2) is 0 Å². The Kier molecular flexibility index (Phi) is 5.68. The summed E-state index contributed by atoms with van der Waals surface area (Å²) in [7, 11) is 3.53. The Morgan fingerprint density at radius 1 is 1.13 bits per heavy atom. The van der Waals surface area contributed by atoms with Gasteiger partial charge in [-0.05, 0) is 25.5 Å². The van der Waals surface area contributed by atoms with E-state index in [1.807, 2.05) is 45.9 Å². The molecule has 0 aliphatic heterocycles. The van der Waals surface area contributed by atoms with E-state index in [0.717, 1.165) is 11.1 Å². The van der Waals surface area contributed by atoms with Crippen molar-refractivity contribution in [3.63, 3.8) is 0 Å². The van der Waals surface area contributed by atoms with Crippen molar-refractivity contribution in [3.05, 3.63) is 34.9 Å². The molecule has 0 bridgehead atoms. The molecule has 0 spiro atoms. The molecule has 0 fully saturated rings. The van der Waals surface area contributed by atoms with E-state index in [4.69, 9.17) is 0 Å². The number of carbonyl (C=O) groups is 1. The lowest BCUT2D eigenvalue weighted by atomic mass is 10.1. The van der Waals surface area contributed by atoms with Crippen LogP contribution in [0.1, 0.15) is 35.3 Å². The first kappa shape index (κ1) is 13.7. The maximum absolute atomic E-state index is 11.6. The Balaban J connectivity index is 0.000000921. The zero-order valence-corrected chi connectivity index (χ0v) is 10.6. The van der Waals surface area contributed by atoms with E-state index in [-0.39, 0.29) is 5.91 Å². The summed E-state index contributed by atoms with van der Waals surface area (Å²) in [6.45, 7) is 7.99. The first-order valence-corrected chi connectivity index (χ1v) is 5.31. The molecule has 0 radical (unpaired) electrons. The van der Waals surface area contributed by atoms with Gasteiger partial charge >= 0.3 is 0 Å². The van der Waals surface area contributed by atoms with Gasteiger partial charge in [0.2, 0.25) is 0 Å². The lowest BCUT2D eigenvalue weighted by molar-refractivity contribution is 0.0827. The Morgan fingerprint density at radius 3 is 2.07 bits per heavy atom. The van der Waals surface area contributed by atoms with Crippen LogP contribution in [0.15, 0.2) is 18.2 Å². The molecule has 0 heterocycles. The van der Waals surface area contributed by atoms with Crippen LogP contribution in [-0.2, 0) is 0 Å². The molecule has 2 heteroatoms. The second kappa shape index (κ2) is 6.23. The third-order valence-corrected chi connectivity index (χ3v) is 2.02. The minimum Gasteiger partial charge on any atom is -0.345 e. The van der Waals surface area contributed by atoms with Gasteiger partial charge in [0.05, 0.1) is 0 Å². The average molecular weight is 207 g/mol. The van der Waals surface area contributed by atoms with E-state index >= 15 is 0 Å². The quantitative estimate of drug-likeness (QED) is 0.693. The largest absolute Gasteiger partial charge is 0.345 e. The van der Waals surface area contributed by atoms with Gasteiger partial charge < -0.3 is 4.90 Å². The van der Waals surface area contributed by atoms with Gasteiger partial charge in [-0.15, -0.1) is 0 Å². The van der Waals surface area contributed by atoms with Gasteiger partial charge in [-0.1, -0.05) is 31.5 Å². The van der Waals surface area contributed by atoms with Crippen LogP contribution in [-0.4, -0.2) is 24.9 Å². The molecule has 0 saturated carbocycles. The number of hydrogen-bond donors (Lipinski definition) is 0. The third kappa shape index (κ3) is 3.74. The van der Waals surface area contributed by atoms with Gasteiger partial charge in [0.25, 0.3) is 5.91 Å². The molecule has 1 rings (SSSR count). The summed E-state index contributed by atoms with van der Waals surface area (Å²) in [5.74, 6) is 0.0671. The summed E-state index contributed by atoms with van der Waals surface area (Å²) >= 11 is 0. The molecule has 0 aliphatic carbocycles. The summed E-state index contributed by atoms with van der Waals surface area (Å²) in [5, 5.41) is 0. The molecule has 0 saturated heterocycles. The van der Waals surface area contributed by atoms with Crippen LogP contribution in [0.2, 0.25) is 0 Å². The fourth-order valence-electron chi connectivity index (χ4n) is 1.29. The highest BCUT2D eigenvalue weighted by Crippen LogP contribution is 2.11. The number of aryl methyl sites for hydroxylation is 2. The molecule has 0 aliphatic rings. The standard InChI is InChI=1S/C11H15NO.C2H6/c1-8-5-6-10(9(2)7-8)11(13)12(3)4;1-2/h5-7H,1-4H3;1-2H3. The molecule has 84 valence electrons. The highest BCUT2D eigenvalue weighted by Gasteiger charge is 2.09. The van der Waals surface area contributed by atoms with E-state index in [9.17, 15) is 4.79 Å². The van der Waals surface area contributed by atoms with E-state index in [1.165, 1.54) is 5.56 Å². The molecule has 1 amide bonds. The normalized spacial score (nSPS) is 8.93. The van der Waals surface area contributed by atoms with Crippen molar-refractivity contribution < 1.29 is 4.79 Å². The van der Waals surface area contributed by atoms with E-state index in [2.05, 4.69) is 0 Å². The van der Waals surface area contributed by atoms with Crippen LogP contribution < -0.4 is 0 Å². The predicted molar refractivity (Wildman–Crippen MR) is 65.3 cm³/mol. The molecule has 15 heavy (non-hydrogen) atoms. The highest BCUT2D eigenvalue weighted by molar-refractivity contribution is 5.95. The van der Waals surface area contributed by atoms with Gasteiger partial charge in [0.15, 0.2) is 0 Å². The van der Waals surface area contributed by atoms with Gasteiger partial charge in [-0.3, -0.25) is 4.79 Å². The highest BCUT2D eigenvalue weighted by atomic mass is 16.2. The number of hydrogen-bond acceptors (Lipinski definition) is 1. The molecular weight excluding hydrogens is 186 g/mol. The number of benzene rings is 1. The Hall–Kier alpha value is -1.31.